The summed E-state index contributed by atoms with van der Waals surface area (Å²) in [4.78, 5) is 0. The summed E-state index contributed by atoms with van der Waals surface area (Å²) in [5.74, 6) is 1.83. The van der Waals surface area contributed by atoms with Crippen LogP contribution in [0, 0.1) is 6.92 Å². The zero-order valence-corrected chi connectivity index (χ0v) is 10.8. The molecule has 0 saturated carbocycles. The second-order valence-corrected chi connectivity index (χ2v) is 4.54. The van der Waals surface area contributed by atoms with Crippen molar-refractivity contribution in [1.82, 2.24) is 0 Å². The minimum atomic E-state index is 0.894. The predicted octanol–water partition coefficient (Wildman–Crippen LogP) is 5.20. The van der Waals surface area contributed by atoms with E-state index < -0.39 is 0 Å². The summed E-state index contributed by atoms with van der Waals surface area (Å²) in [6, 6.07) is 24.5. The lowest BCUT2D eigenvalue weighted by atomic mass is 10.1. The quantitative estimate of drug-likeness (QED) is 0.566. The minimum absolute atomic E-state index is 0.894. The van der Waals surface area contributed by atoms with Gasteiger partial charge in [0.1, 0.15) is 0 Å². The van der Waals surface area contributed by atoms with Crippen LogP contribution in [0.25, 0.3) is 22.6 Å². The molecule has 0 atom stereocenters. The Morgan fingerprint density at radius 2 is 1.21 bits per heavy atom. The first kappa shape index (κ1) is 11.7. The normalized spacial score (nSPS) is 10.4. The van der Waals surface area contributed by atoms with Gasteiger partial charge in [0.05, 0.1) is 16.7 Å². The van der Waals surface area contributed by atoms with Crippen molar-refractivity contribution in [1.29, 1.82) is 0 Å². The van der Waals surface area contributed by atoms with Gasteiger partial charge in [-0.05, 0) is 37.3 Å². The first-order valence-corrected chi connectivity index (χ1v) is 6.39. The molecule has 0 bridgehead atoms. The summed E-state index contributed by atoms with van der Waals surface area (Å²) < 4.78 is 6.08. The summed E-state index contributed by atoms with van der Waals surface area (Å²) in [7, 11) is 0. The Morgan fingerprint density at radius 1 is 0.632 bits per heavy atom. The summed E-state index contributed by atoms with van der Waals surface area (Å²) in [5, 5.41) is 0. The highest BCUT2D eigenvalue weighted by atomic mass is 16.3. The van der Waals surface area contributed by atoms with E-state index in [0.717, 1.165) is 28.2 Å². The van der Waals surface area contributed by atoms with Crippen LogP contribution < -0.4 is 0 Å². The molecule has 1 nitrogen and oxygen atoms in total. The highest BCUT2D eigenvalue weighted by Crippen LogP contribution is 2.28. The average Bonchev–Trinajstić information content (AvgIpc) is 2.49. The second kappa shape index (κ2) is 5.07. The third-order valence-electron chi connectivity index (χ3n) is 3.15. The third kappa shape index (κ3) is 2.41. The summed E-state index contributed by atoms with van der Waals surface area (Å²) in [6.07, 6.45) is 0. The predicted molar refractivity (Wildman–Crippen MR) is 78.7 cm³/mol. The van der Waals surface area contributed by atoms with Gasteiger partial charge >= 0.3 is 11.5 Å². The highest BCUT2D eigenvalue weighted by molar-refractivity contribution is 5.65. The lowest BCUT2D eigenvalue weighted by Crippen LogP contribution is -1.85. The van der Waals surface area contributed by atoms with Gasteiger partial charge in [-0.3, -0.25) is 0 Å². The van der Waals surface area contributed by atoms with E-state index in [1.54, 1.807) is 0 Å². The second-order valence-electron chi connectivity index (χ2n) is 4.54. The maximum atomic E-state index is 6.08. The van der Waals surface area contributed by atoms with Gasteiger partial charge in [-0.25, -0.2) is 4.42 Å². The monoisotopic (exact) mass is 247 g/mol. The molecule has 1 heterocycles. The first-order chi connectivity index (χ1) is 9.34. The number of benzene rings is 2. The maximum Gasteiger partial charge on any atom is 0.363 e. The number of hydrogen-bond acceptors (Lipinski definition) is 0. The van der Waals surface area contributed by atoms with Gasteiger partial charge in [0, 0.05) is 6.07 Å². The molecule has 3 rings (SSSR count). The fourth-order valence-corrected chi connectivity index (χ4v) is 2.13. The van der Waals surface area contributed by atoms with Gasteiger partial charge in [-0.1, -0.05) is 36.4 Å². The molecule has 0 amide bonds. The van der Waals surface area contributed by atoms with Crippen molar-refractivity contribution in [2.24, 2.45) is 0 Å². The van der Waals surface area contributed by atoms with Crippen LogP contribution in [0.4, 0.5) is 0 Å². The average molecular weight is 247 g/mol. The summed E-state index contributed by atoms with van der Waals surface area (Å²) in [6.45, 7) is 2.07. The molecule has 0 spiro atoms. The van der Waals surface area contributed by atoms with Crippen LogP contribution in [-0.2, 0) is 0 Å². The van der Waals surface area contributed by atoms with Crippen molar-refractivity contribution < 1.29 is 4.42 Å². The lowest BCUT2D eigenvalue weighted by Gasteiger charge is -1.97. The molecule has 92 valence electrons. The zero-order valence-electron chi connectivity index (χ0n) is 10.8. The van der Waals surface area contributed by atoms with Crippen molar-refractivity contribution in [2.45, 2.75) is 6.92 Å². The smallest absolute Gasteiger partial charge is 0.207 e. The highest BCUT2D eigenvalue weighted by Gasteiger charge is 2.19. The Hall–Kier alpha value is -2.41. The molecule has 2 aromatic carbocycles. The zero-order chi connectivity index (χ0) is 13.1. The number of aryl methyl sites for hydroxylation is 1. The number of rotatable bonds is 2. The van der Waals surface area contributed by atoms with Crippen LogP contribution in [0.5, 0.6) is 0 Å². The third-order valence-corrected chi connectivity index (χ3v) is 3.15. The SMILES string of the molecule is Cc1ccc(-c2ccccc2)[o+]c1-c1ccccc1. The molecule has 0 saturated heterocycles. The van der Waals surface area contributed by atoms with Crippen LogP contribution in [0.3, 0.4) is 0 Å². The first-order valence-electron chi connectivity index (χ1n) is 6.39. The molecule has 0 aliphatic heterocycles. The molecule has 0 unspecified atom stereocenters. The van der Waals surface area contributed by atoms with Crippen molar-refractivity contribution >= 4 is 0 Å². The molecule has 0 N–H and O–H groups in total. The topological polar surface area (TPSA) is 11.3 Å². The molecular weight excluding hydrogens is 232 g/mol. The van der Waals surface area contributed by atoms with Gasteiger partial charge in [0.2, 0.25) is 0 Å². The van der Waals surface area contributed by atoms with E-state index in [2.05, 4.69) is 37.3 Å². The Labute approximate surface area is 113 Å². The molecule has 1 heteroatoms. The van der Waals surface area contributed by atoms with Gasteiger partial charge < -0.3 is 0 Å². The molecule has 0 radical (unpaired) electrons. The standard InChI is InChI=1S/C18H15O/c1-14-12-13-17(15-8-4-2-5-9-15)19-18(14)16-10-6-3-7-11-16/h2-13H,1H3/q+1. The summed E-state index contributed by atoms with van der Waals surface area (Å²) >= 11 is 0. The molecule has 0 aliphatic rings. The molecule has 3 aromatic rings. The van der Waals surface area contributed by atoms with E-state index in [1.165, 1.54) is 0 Å². The minimum Gasteiger partial charge on any atom is -0.207 e. The van der Waals surface area contributed by atoms with Gasteiger partial charge in [0.25, 0.3) is 0 Å². The Balaban J connectivity index is 2.12. The van der Waals surface area contributed by atoms with Gasteiger partial charge in [0.15, 0.2) is 0 Å². The summed E-state index contributed by atoms with van der Waals surface area (Å²) in [5.41, 5.74) is 3.35. The van der Waals surface area contributed by atoms with E-state index in [1.807, 2.05) is 42.5 Å². The van der Waals surface area contributed by atoms with Crippen molar-refractivity contribution in [3.8, 4) is 22.6 Å². The van der Waals surface area contributed by atoms with Crippen molar-refractivity contribution in [3.05, 3.63) is 78.4 Å². The Bertz CT molecular complexity index is 673. The van der Waals surface area contributed by atoms with Gasteiger partial charge in [-0.2, -0.15) is 0 Å². The van der Waals surface area contributed by atoms with Crippen LogP contribution >= 0.6 is 0 Å². The molecule has 1 aromatic heterocycles. The maximum absolute atomic E-state index is 6.08. The van der Waals surface area contributed by atoms with Crippen LogP contribution in [0.15, 0.2) is 77.2 Å². The van der Waals surface area contributed by atoms with E-state index in [9.17, 15) is 0 Å². The lowest BCUT2D eigenvalue weighted by molar-refractivity contribution is 0.577. The Morgan fingerprint density at radius 3 is 1.84 bits per heavy atom. The van der Waals surface area contributed by atoms with E-state index in [0.29, 0.717) is 0 Å². The van der Waals surface area contributed by atoms with Crippen LogP contribution in [0.2, 0.25) is 0 Å². The fraction of sp³-hybridized carbons (Fsp3) is 0.0556. The van der Waals surface area contributed by atoms with E-state index in [4.69, 9.17) is 4.42 Å². The molecule has 19 heavy (non-hydrogen) atoms. The van der Waals surface area contributed by atoms with E-state index >= 15 is 0 Å². The fourth-order valence-electron chi connectivity index (χ4n) is 2.13. The van der Waals surface area contributed by atoms with Crippen LogP contribution in [0.1, 0.15) is 5.56 Å². The molecule has 0 fully saturated rings. The van der Waals surface area contributed by atoms with Crippen molar-refractivity contribution in [2.75, 3.05) is 0 Å². The number of hydrogen-bond donors (Lipinski definition) is 0. The van der Waals surface area contributed by atoms with E-state index in [-0.39, 0.29) is 0 Å². The van der Waals surface area contributed by atoms with Crippen LogP contribution in [-0.4, -0.2) is 0 Å². The van der Waals surface area contributed by atoms with Crippen molar-refractivity contribution in [3.63, 3.8) is 0 Å². The molecular formula is C18H15O+. The molecule has 0 aliphatic carbocycles. The largest absolute Gasteiger partial charge is 0.363 e. The Kier molecular flexibility index (Phi) is 3.11. The van der Waals surface area contributed by atoms with Gasteiger partial charge in [-0.15, -0.1) is 0 Å².